The number of methoxy groups -OCH3 is 1. The number of aromatic nitrogens is 2. The average Bonchev–Trinajstić information content (AvgIpc) is 2.90. The van der Waals surface area contributed by atoms with Crippen molar-refractivity contribution in [3.63, 3.8) is 0 Å². The number of esters is 1. The molecule has 1 rings (SSSR count). The van der Waals surface area contributed by atoms with Crippen LogP contribution >= 0.6 is 0 Å². The smallest absolute Gasteiger partial charge is 0.356 e. The molecule has 7 heteroatoms. The highest BCUT2D eigenvalue weighted by Gasteiger charge is 2.16. The molecular formula is C15H22N2O5. The molecule has 0 radical (unpaired) electrons. The molecule has 0 aromatic carbocycles. The number of rotatable bonds is 11. The SMILES string of the molecule is C#CCOCCOCCn1nc(COC)cc1C(=O)OCC. The van der Waals surface area contributed by atoms with E-state index in [-0.39, 0.29) is 6.61 Å². The third-order valence-electron chi connectivity index (χ3n) is 2.61. The molecule has 122 valence electrons. The predicted octanol–water partition coefficient (Wildman–Crippen LogP) is 0.873. The second-order valence-electron chi connectivity index (χ2n) is 4.27. The first-order valence-electron chi connectivity index (χ1n) is 7.04. The van der Waals surface area contributed by atoms with E-state index < -0.39 is 5.97 Å². The summed E-state index contributed by atoms with van der Waals surface area (Å²) >= 11 is 0. The molecule has 0 fully saturated rings. The third-order valence-corrected chi connectivity index (χ3v) is 2.61. The van der Waals surface area contributed by atoms with Crippen molar-refractivity contribution in [3.05, 3.63) is 17.5 Å². The molecule has 7 nitrogen and oxygen atoms in total. The summed E-state index contributed by atoms with van der Waals surface area (Å²) in [7, 11) is 1.57. The molecule has 0 saturated carbocycles. The Balaban J connectivity index is 2.49. The summed E-state index contributed by atoms with van der Waals surface area (Å²) in [5.41, 5.74) is 1.06. The monoisotopic (exact) mass is 310 g/mol. The van der Waals surface area contributed by atoms with Crippen molar-refractivity contribution in [1.29, 1.82) is 0 Å². The van der Waals surface area contributed by atoms with Crippen LogP contribution in [0.15, 0.2) is 6.07 Å². The zero-order valence-corrected chi connectivity index (χ0v) is 13.0. The molecular weight excluding hydrogens is 288 g/mol. The maximum atomic E-state index is 11.9. The number of nitrogens with zero attached hydrogens (tertiary/aromatic N) is 2. The number of terminal acetylenes is 1. The van der Waals surface area contributed by atoms with Gasteiger partial charge in [-0.15, -0.1) is 6.42 Å². The highest BCUT2D eigenvalue weighted by molar-refractivity contribution is 5.87. The summed E-state index contributed by atoms with van der Waals surface area (Å²) in [5, 5.41) is 4.30. The Morgan fingerprint density at radius 3 is 2.82 bits per heavy atom. The van der Waals surface area contributed by atoms with Gasteiger partial charge in [-0.05, 0) is 13.0 Å². The van der Waals surface area contributed by atoms with Crippen LogP contribution in [0.3, 0.4) is 0 Å². The van der Waals surface area contributed by atoms with Crippen LogP contribution in [0.5, 0.6) is 0 Å². The molecule has 1 aromatic rings. The lowest BCUT2D eigenvalue weighted by Gasteiger charge is -2.07. The van der Waals surface area contributed by atoms with Crippen LogP contribution in [0.25, 0.3) is 0 Å². The first kappa shape index (κ1) is 18.2. The van der Waals surface area contributed by atoms with Gasteiger partial charge in [0.2, 0.25) is 0 Å². The number of carbonyl (C=O) groups excluding carboxylic acids is 1. The van der Waals surface area contributed by atoms with Gasteiger partial charge in [0.15, 0.2) is 0 Å². The molecule has 0 aliphatic heterocycles. The number of carbonyl (C=O) groups is 1. The van der Waals surface area contributed by atoms with E-state index in [1.54, 1.807) is 24.8 Å². The molecule has 0 bridgehead atoms. The van der Waals surface area contributed by atoms with Crippen molar-refractivity contribution in [3.8, 4) is 12.3 Å². The molecule has 0 amide bonds. The molecule has 0 aliphatic carbocycles. The Labute approximate surface area is 130 Å². The van der Waals surface area contributed by atoms with Crippen LogP contribution < -0.4 is 0 Å². The number of hydrogen-bond donors (Lipinski definition) is 0. The molecule has 0 unspecified atom stereocenters. The normalized spacial score (nSPS) is 10.4. The van der Waals surface area contributed by atoms with E-state index in [9.17, 15) is 4.79 Å². The summed E-state index contributed by atoms with van der Waals surface area (Å²) in [5.74, 6) is 1.97. The quantitative estimate of drug-likeness (QED) is 0.343. The Kier molecular flexibility index (Phi) is 8.91. The minimum atomic E-state index is -0.408. The number of ether oxygens (including phenoxy) is 4. The van der Waals surface area contributed by atoms with Gasteiger partial charge in [-0.25, -0.2) is 4.79 Å². The Morgan fingerprint density at radius 1 is 1.36 bits per heavy atom. The van der Waals surface area contributed by atoms with Gasteiger partial charge in [-0.2, -0.15) is 5.10 Å². The van der Waals surface area contributed by atoms with Crippen LogP contribution in [0.4, 0.5) is 0 Å². The molecule has 0 saturated heterocycles. The fourth-order valence-electron chi connectivity index (χ4n) is 1.73. The van der Waals surface area contributed by atoms with Crippen LogP contribution in [-0.4, -0.2) is 55.9 Å². The Bertz CT molecular complexity index is 493. The van der Waals surface area contributed by atoms with Gasteiger partial charge in [0.25, 0.3) is 0 Å². The summed E-state index contributed by atoms with van der Waals surface area (Å²) in [6, 6.07) is 1.66. The lowest BCUT2D eigenvalue weighted by Crippen LogP contribution is -2.17. The van der Waals surface area contributed by atoms with E-state index in [1.807, 2.05) is 0 Å². The van der Waals surface area contributed by atoms with Gasteiger partial charge in [0.1, 0.15) is 12.3 Å². The maximum Gasteiger partial charge on any atom is 0.356 e. The molecule has 1 aromatic heterocycles. The first-order valence-corrected chi connectivity index (χ1v) is 7.04. The summed E-state index contributed by atoms with van der Waals surface area (Å²) in [6.07, 6.45) is 5.06. The van der Waals surface area contributed by atoms with Crippen molar-refractivity contribution in [2.45, 2.75) is 20.1 Å². The zero-order valence-electron chi connectivity index (χ0n) is 13.0. The van der Waals surface area contributed by atoms with Gasteiger partial charge in [-0.3, -0.25) is 4.68 Å². The molecule has 1 heterocycles. The highest BCUT2D eigenvalue weighted by atomic mass is 16.5. The first-order chi connectivity index (χ1) is 10.7. The summed E-state index contributed by atoms with van der Waals surface area (Å²) < 4.78 is 22.1. The van der Waals surface area contributed by atoms with Crippen LogP contribution in [-0.2, 0) is 32.1 Å². The van der Waals surface area contributed by atoms with Gasteiger partial charge in [0, 0.05) is 7.11 Å². The van der Waals surface area contributed by atoms with Crippen molar-refractivity contribution in [2.75, 3.05) is 40.1 Å². The van der Waals surface area contributed by atoms with Crippen LogP contribution in [0, 0.1) is 12.3 Å². The van der Waals surface area contributed by atoms with E-state index in [0.717, 1.165) is 0 Å². The Morgan fingerprint density at radius 2 is 2.14 bits per heavy atom. The largest absolute Gasteiger partial charge is 0.461 e. The van der Waals surface area contributed by atoms with E-state index in [4.69, 9.17) is 25.4 Å². The van der Waals surface area contributed by atoms with Crippen LogP contribution in [0.1, 0.15) is 23.1 Å². The van der Waals surface area contributed by atoms with E-state index in [2.05, 4.69) is 11.0 Å². The predicted molar refractivity (Wildman–Crippen MR) is 79.4 cm³/mol. The molecule has 0 aliphatic rings. The Hall–Kier alpha value is -1.88. The fourth-order valence-corrected chi connectivity index (χ4v) is 1.73. The topological polar surface area (TPSA) is 71.8 Å². The van der Waals surface area contributed by atoms with Crippen molar-refractivity contribution in [1.82, 2.24) is 9.78 Å². The average molecular weight is 310 g/mol. The highest BCUT2D eigenvalue weighted by Crippen LogP contribution is 2.08. The van der Waals surface area contributed by atoms with Crippen molar-refractivity contribution < 1.29 is 23.7 Å². The van der Waals surface area contributed by atoms with Gasteiger partial charge < -0.3 is 18.9 Å². The van der Waals surface area contributed by atoms with Crippen LogP contribution in [0.2, 0.25) is 0 Å². The summed E-state index contributed by atoms with van der Waals surface area (Å²) in [6.45, 7) is 4.38. The second kappa shape index (κ2) is 10.8. The third kappa shape index (κ3) is 6.26. The fraction of sp³-hybridized carbons (Fsp3) is 0.600. The minimum absolute atomic E-state index is 0.274. The lowest BCUT2D eigenvalue weighted by molar-refractivity contribution is 0.0479. The molecule has 0 atom stereocenters. The standard InChI is InChI=1S/C15H22N2O5/c1-4-7-20-9-10-21-8-6-17-14(15(18)22-5-2)11-13(16-17)12-19-3/h1,11H,5-10,12H2,2-3H3. The maximum absolute atomic E-state index is 11.9. The minimum Gasteiger partial charge on any atom is -0.461 e. The van der Waals surface area contributed by atoms with Crippen molar-refractivity contribution >= 4 is 5.97 Å². The molecule has 0 spiro atoms. The summed E-state index contributed by atoms with van der Waals surface area (Å²) in [4.78, 5) is 11.9. The van der Waals surface area contributed by atoms with E-state index in [0.29, 0.717) is 51.0 Å². The van der Waals surface area contributed by atoms with Crippen molar-refractivity contribution in [2.24, 2.45) is 0 Å². The van der Waals surface area contributed by atoms with Gasteiger partial charge in [-0.1, -0.05) is 5.92 Å². The number of hydrogen-bond acceptors (Lipinski definition) is 6. The van der Waals surface area contributed by atoms with Gasteiger partial charge >= 0.3 is 5.97 Å². The van der Waals surface area contributed by atoms with Gasteiger partial charge in [0.05, 0.1) is 45.3 Å². The van der Waals surface area contributed by atoms with E-state index >= 15 is 0 Å². The molecule has 0 N–H and O–H groups in total. The molecule has 22 heavy (non-hydrogen) atoms. The van der Waals surface area contributed by atoms with E-state index in [1.165, 1.54) is 0 Å². The zero-order chi connectivity index (χ0) is 16.2. The lowest BCUT2D eigenvalue weighted by atomic mass is 10.3. The second-order valence-corrected chi connectivity index (χ2v) is 4.27.